The molecule has 0 unspecified atom stereocenters. The molecule has 140 valence electrons. The maximum absolute atomic E-state index is 13.4. The van der Waals surface area contributed by atoms with Crippen molar-refractivity contribution in [3.8, 4) is 5.75 Å². The summed E-state index contributed by atoms with van der Waals surface area (Å²) in [4.78, 5) is 11.2. The first-order chi connectivity index (χ1) is 11.9. The normalized spacial score (nSPS) is 16.7. The summed E-state index contributed by atoms with van der Waals surface area (Å²) in [6, 6.07) is 4.09. The number of alkyl halides is 3. The highest BCUT2D eigenvalue weighted by molar-refractivity contribution is 5.77. The smallest absolute Gasteiger partial charge is 0.409 e. The van der Waals surface area contributed by atoms with Crippen LogP contribution in [-0.2, 0) is 4.79 Å². The fourth-order valence-electron chi connectivity index (χ4n) is 2.88. The number of nitrogens with zero attached hydrogens (tertiary/aromatic N) is 1. The Labute approximate surface area is 146 Å². The fraction of sp³-hybridized carbons (Fsp3) is 0.611. The number of unbranched alkanes of at least 4 members (excludes halogenated alkanes) is 4. The van der Waals surface area contributed by atoms with Crippen LogP contribution >= 0.6 is 0 Å². The molecule has 1 aliphatic rings. The van der Waals surface area contributed by atoms with E-state index in [2.05, 4.69) is 12.3 Å². The number of hydrazine groups is 1. The Morgan fingerprint density at radius 3 is 2.40 bits per heavy atom. The number of halogens is 3. The third-order valence-corrected chi connectivity index (χ3v) is 4.18. The molecule has 2 rings (SSSR count). The molecule has 1 fully saturated rings. The van der Waals surface area contributed by atoms with Crippen molar-refractivity contribution in [2.24, 2.45) is 0 Å². The van der Waals surface area contributed by atoms with E-state index < -0.39 is 18.1 Å². The van der Waals surface area contributed by atoms with Crippen LogP contribution in [0.15, 0.2) is 24.3 Å². The Morgan fingerprint density at radius 1 is 1.16 bits per heavy atom. The number of amides is 1. The van der Waals surface area contributed by atoms with Gasteiger partial charge in [0.25, 0.3) is 0 Å². The van der Waals surface area contributed by atoms with Crippen LogP contribution in [0.2, 0.25) is 0 Å². The molecule has 4 nitrogen and oxygen atoms in total. The minimum atomic E-state index is -4.47. The number of carbonyl (C=O) groups excluding carboxylic acids is 1. The molecule has 1 aromatic carbocycles. The quantitative estimate of drug-likeness (QED) is 0.666. The second-order valence-corrected chi connectivity index (χ2v) is 6.25. The monoisotopic (exact) mass is 358 g/mol. The first kappa shape index (κ1) is 19.6. The number of benzene rings is 1. The summed E-state index contributed by atoms with van der Waals surface area (Å²) in [6.45, 7) is 2.76. The molecule has 1 amide bonds. The molecule has 0 radical (unpaired) electrons. The number of ether oxygens (including phenoxy) is 1. The Kier molecular flexibility index (Phi) is 7.11. The third-order valence-electron chi connectivity index (χ3n) is 4.18. The summed E-state index contributed by atoms with van der Waals surface area (Å²) in [5.74, 6) is 0.169. The predicted octanol–water partition coefficient (Wildman–Crippen LogP) is 4.38. The Hall–Kier alpha value is -1.76. The van der Waals surface area contributed by atoms with Gasteiger partial charge in [-0.05, 0) is 24.1 Å². The molecule has 0 spiro atoms. The lowest BCUT2D eigenvalue weighted by molar-refractivity contribution is -0.191. The second kappa shape index (κ2) is 9.08. The van der Waals surface area contributed by atoms with Gasteiger partial charge in [0.2, 0.25) is 5.91 Å². The van der Waals surface area contributed by atoms with Gasteiger partial charge in [-0.2, -0.15) is 13.2 Å². The van der Waals surface area contributed by atoms with Crippen LogP contribution in [-0.4, -0.2) is 30.2 Å². The van der Waals surface area contributed by atoms with Gasteiger partial charge in [-0.1, -0.05) is 44.7 Å². The van der Waals surface area contributed by atoms with Gasteiger partial charge in [0, 0.05) is 13.0 Å². The minimum Gasteiger partial charge on any atom is -0.494 e. The number of rotatable bonds is 9. The Morgan fingerprint density at radius 2 is 1.84 bits per heavy atom. The molecule has 1 atom stereocenters. The van der Waals surface area contributed by atoms with E-state index in [9.17, 15) is 18.0 Å². The zero-order chi connectivity index (χ0) is 18.3. The highest BCUT2D eigenvalue weighted by Crippen LogP contribution is 2.38. The zero-order valence-electron chi connectivity index (χ0n) is 14.4. The van der Waals surface area contributed by atoms with E-state index in [4.69, 9.17) is 4.74 Å². The van der Waals surface area contributed by atoms with E-state index in [1.165, 1.54) is 31.4 Å². The summed E-state index contributed by atoms with van der Waals surface area (Å²) in [5, 5.41) is 0.950. The van der Waals surface area contributed by atoms with E-state index in [1.807, 2.05) is 0 Å². The van der Waals surface area contributed by atoms with Crippen molar-refractivity contribution in [3.63, 3.8) is 0 Å². The van der Waals surface area contributed by atoms with Gasteiger partial charge in [0.15, 0.2) is 0 Å². The Balaban J connectivity index is 1.93. The third kappa shape index (κ3) is 5.92. The number of hydrogen-bond acceptors (Lipinski definition) is 3. The largest absolute Gasteiger partial charge is 0.494 e. The Bertz CT molecular complexity index is 546. The van der Waals surface area contributed by atoms with Crippen molar-refractivity contribution < 1.29 is 22.7 Å². The number of carbonyl (C=O) groups is 1. The molecule has 1 heterocycles. The summed E-state index contributed by atoms with van der Waals surface area (Å²) in [7, 11) is 0. The van der Waals surface area contributed by atoms with Crippen LogP contribution in [0, 0.1) is 0 Å². The number of hydrogen-bond donors (Lipinski definition) is 1. The van der Waals surface area contributed by atoms with Gasteiger partial charge in [-0.15, -0.1) is 0 Å². The van der Waals surface area contributed by atoms with E-state index in [1.54, 1.807) is 12.1 Å². The molecule has 1 N–H and O–H groups in total. The zero-order valence-corrected chi connectivity index (χ0v) is 14.4. The lowest BCUT2D eigenvalue weighted by atomic mass is 10.1. The molecular formula is C18H25F3N2O2. The van der Waals surface area contributed by atoms with Crippen molar-refractivity contribution in [2.75, 3.05) is 13.2 Å². The maximum atomic E-state index is 13.4. The fourth-order valence-corrected chi connectivity index (χ4v) is 2.88. The molecule has 7 heteroatoms. The molecule has 0 aliphatic carbocycles. The highest BCUT2D eigenvalue weighted by Gasteiger charge is 2.46. The molecule has 25 heavy (non-hydrogen) atoms. The van der Waals surface area contributed by atoms with E-state index in [0.717, 1.165) is 17.9 Å². The lowest BCUT2D eigenvalue weighted by Gasteiger charge is -2.29. The van der Waals surface area contributed by atoms with Crippen LogP contribution < -0.4 is 10.2 Å². The van der Waals surface area contributed by atoms with Gasteiger partial charge in [0.1, 0.15) is 11.8 Å². The van der Waals surface area contributed by atoms with Gasteiger partial charge in [-0.3, -0.25) is 10.2 Å². The molecule has 1 aromatic rings. The number of nitrogens with one attached hydrogen (secondary N) is 1. The molecule has 1 saturated heterocycles. The van der Waals surface area contributed by atoms with Crippen molar-refractivity contribution in [3.05, 3.63) is 29.8 Å². The topological polar surface area (TPSA) is 41.6 Å². The average molecular weight is 358 g/mol. The van der Waals surface area contributed by atoms with Gasteiger partial charge in [0.05, 0.1) is 6.61 Å². The first-order valence-electron chi connectivity index (χ1n) is 8.77. The van der Waals surface area contributed by atoms with Crippen LogP contribution in [0.5, 0.6) is 5.75 Å². The summed E-state index contributed by atoms with van der Waals surface area (Å²) in [5.41, 5.74) is 2.36. The van der Waals surface area contributed by atoms with E-state index in [0.29, 0.717) is 12.4 Å². The van der Waals surface area contributed by atoms with E-state index in [-0.39, 0.29) is 18.5 Å². The average Bonchev–Trinajstić information content (AvgIpc) is 2.97. The SMILES string of the molecule is CCCCCCCOc1ccc([C@H](N2CCC(=O)N2)C(F)(F)F)cc1. The highest BCUT2D eigenvalue weighted by atomic mass is 19.4. The first-order valence-corrected chi connectivity index (χ1v) is 8.77. The molecule has 1 aliphatic heterocycles. The maximum Gasteiger partial charge on any atom is 0.409 e. The second-order valence-electron chi connectivity index (χ2n) is 6.25. The van der Waals surface area contributed by atoms with Gasteiger partial charge < -0.3 is 4.74 Å². The predicted molar refractivity (Wildman–Crippen MR) is 89.0 cm³/mol. The molecule has 0 aromatic heterocycles. The minimum absolute atomic E-state index is 0.0407. The summed E-state index contributed by atoms with van der Waals surface area (Å²) < 4.78 is 45.8. The summed E-state index contributed by atoms with van der Waals surface area (Å²) in [6.07, 6.45) is 1.20. The van der Waals surface area contributed by atoms with Crippen LogP contribution in [0.25, 0.3) is 0 Å². The molecule has 0 saturated carbocycles. The van der Waals surface area contributed by atoms with Crippen molar-refractivity contribution >= 4 is 5.91 Å². The summed E-state index contributed by atoms with van der Waals surface area (Å²) >= 11 is 0. The van der Waals surface area contributed by atoms with Gasteiger partial charge in [-0.25, -0.2) is 5.01 Å². The molecule has 0 bridgehead atoms. The molecular weight excluding hydrogens is 333 g/mol. The van der Waals surface area contributed by atoms with Crippen LogP contribution in [0.3, 0.4) is 0 Å². The van der Waals surface area contributed by atoms with Gasteiger partial charge >= 0.3 is 6.18 Å². The van der Waals surface area contributed by atoms with Crippen molar-refractivity contribution in [1.29, 1.82) is 0 Å². The van der Waals surface area contributed by atoms with Crippen molar-refractivity contribution in [1.82, 2.24) is 10.4 Å². The van der Waals surface area contributed by atoms with Crippen LogP contribution in [0.1, 0.15) is 57.1 Å². The lowest BCUT2D eigenvalue weighted by Crippen LogP contribution is -2.43. The van der Waals surface area contributed by atoms with Crippen molar-refractivity contribution in [2.45, 2.75) is 57.7 Å². The standard InChI is InChI=1S/C18H25F3N2O2/c1-2-3-4-5-6-13-25-15-9-7-14(8-10-15)17(18(19,20)21)23-12-11-16(24)22-23/h7-10,17H,2-6,11-13H2,1H3,(H,22,24)/t17-/m0/s1. The van der Waals surface area contributed by atoms with E-state index >= 15 is 0 Å². The van der Waals surface area contributed by atoms with Crippen LogP contribution in [0.4, 0.5) is 13.2 Å².